The lowest BCUT2D eigenvalue weighted by Gasteiger charge is -2.38. The second-order valence-electron chi connectivity index (χ2n) is 10.6. The van der Waals surface area contributed by atoms with Gasteiger partial charge in [-0.05, 0) is 82.6 Å². The van der Waals surface area contributed by atoms with Gasteiger partial charge in [0.2, 0.25) is 15.9 Å². The van der Waals surface area contributed by atoms with Crippen LogP contribution in [0.2, 0.25) is 0 Å². The maximum absolute atomic E-state index is 13.2. The van der Waals surface area contributed by atoms with Crippen molar-refractivity contribution in [2.75, 3.05) is 39.3 Å². The van der Waals surface area contributed by atoms with Gasteiger partial charge in [-0.25, -0.2) is 13.2 Å². The zero-order chi connectivity index (χ0) is 24.5. The molecule has 4 rings (SSSR count). The summed E-state index contributed by atoms with van der Waals surface area (Å²) in [6.45, 7) is 8.08. The van der Waals surface area contributed by atoms with Crippen LogP contribution in [0.3, 0.4) is 0 Å². The van der Waals surface area contributed by atoms with Crippen molar-refractivity contribution in [3.63, 3.8) is 0 Å². The van der Waals surface area contributed by atoms with E-state index in [2.05, 4.69) is 0 Å². The fourth-order valence-electron chi connectivity index (χ4n) is 5.06. The van der Waals surface area contributed by atoms with Crippen LogP contribution < -0.4 is 0 Å². The number of fused-ring (bicyclic) bond motifs is 1. The number of sulfonamides is 1. The zero-order valence-electron chi connectivity index (χ0n) is 20.6. The molecule has 1 aromatic carbocycles. The molecule has 1 aromatic rings. The molecule has 0 spiro atoms. The molecule has 188 valence electrons. The van der Waals surface area contributed by atoms with E-state index >= 15 is 0 Å². The summed E-state index contributed by atoms with van der Waals surface area (Å²) < 4.78 is 33.4. The number of rotatable bonds is 3. The van der Waals surface area contributed by atoms with E-state index in [9.17, 15) is 18.0 Å². The lowest BCUT2D eigenvalue weighted by Crippen LogP contribution is -2.53. The average Bonchev–Trinajstić information content (AvgIpc) is 2.82. The quantitative estimate of drug-likeness (QED) is 0.649. The molecule has 0 bridgehead atoms. The maximum Gasteiger partial charge on any atom is 0.410 e. The molecule has 2 saturated heterocycles. The SMILES string of the molecule is CC(C)(C)OC(=O)N1CCN(C(=O)C2CCN(S(=O)(=O)c3ccc4c(c3)CCCC4)CC2)CC1. The Bertz CT molecular complexity index is 1020. The van der Waals surface area contributed by atoms with E-state index in [0.29, 0.717) is 57.0 Å². The molecule has 9 heteroatoms. The molecule has 0 radical (unpaired) electrons. The minimum atomic E-state index is -3.55. The monoisotopic (exact) mass is 491 g/mol. The summed E-state index contributed by atoms with van der Waals surface area (Å²) >= 11 is 0. The van der Waals surface area contributed by atoms with E-state index in [4.69, 9.17) is 4.74 Å². The number of hydrogen-bond donors (Lipinski definition) is 0. The van der Waals surface area contributed by atoms with E-state index in [1.165, 1.54) is 9.87 Å². The van der Waals surface area contributed by atoms with Gasteiger partial charge in [0.15, 0.2) is 0 Å². The topological polar surface area (TPSA) is 87.2 Å². The normalized spacial score (nSPS) is 20.7. The third kappa shape index (κ3) is 5.57. The lowest BCUT2D eigenvalue weighted by molar-refractivity contribution is -0.138. The fraction of sp³-hybridized carbons (Fsp3) is 0.680. The van der Waals surface area contributed by atoms with Crippen LogP contribution in [0.1, 0.15) is 57.6 Å². The van der Waals surface area contributed by atoms with Crippen molar-refractivity contribution in [2.45, 2.75) is 69.8 Å². The molecule has 0 aromatic heterocycles. The van der Waals surface area contributed by atoms with Crippen LogP contribution in [0.5, 0.6) is 0 Å². The highest BCUT2D eigenvalue weighted by Gasteiger charge is 2.35. The van der Waals surface area contributed by atoms with E-state index in [1.54, 1.807) is 15.9 Å². The van der Waals surface area contributed by atoms with Crippen LogP contribution in [0.4, 0.5) is 4.79 Å². The van der Waals surface area contributed by atoms with Gasteiger partial charge in [0.05, 0.1) is 4.90 Å². The maximum atomic E-state index is 13.2. The minimum Gasteiger partial charge on any atom is -0.444 e. The van der Waals surface area contributed by atoms with Gasteiger partial charge in [-0.3, -0.25) is 4.79 Å². The first-order valence-electron chi connectivity index (χ1n) is 12.4. The lowest BCUT2D eigenvalue weighted by atomic mass is 9.92. The summed E-state index contributed by atoms with van der Waals surface area (Å²) in [6, 6.07) is 5.56. The summed E-state index contributed by atoms with van der Waals surface area (Å²) in [5.74, 6) is -0.113. The van der Waals surface area contributed by atoms with Gasteiger partial charge in [0.25, 0.3) is 0 Å². The molecule has 3 aliphatic rings. The number of aryl methyl sites for hydroxylation is 2. The molecule has 0 N–H and O–H groups in total. The van der Waals surface area contributed by atoms with Crippen LogP contribution in [0, 0.1) is 5.92 Å². The number of benzene rings is 1. The van der Waals surface area contributed by atoms with E-state index in [-0.39, 0.29) is 17.9 Å². The molecular weight excluding hydrogens is 454 g/mol. The van der Waals surface area contributed by atoms with Crippen LogP contribution in [-0.2, 0) is 32.4 Å². The third-order valence-electron chi connectivity index (χ3n) is 7.00. The predicted octanol–water partition coefficient (Wildman–Crippen LogP) is 3.05. The van der Waals surface area contributed by atoms with Gasteiger partial charge in [-0.15, -0.1) is 0 Å². The van der Waals surface area contributed by atoms with Crippen molar-refractivity contribution in [3.05, 3.63) is 29.3 Å². The Morgan fingerprint density at radius 2 is 1.47 bits per heavy atom. The van der Waals surface area contributed by atoms with E-state index < -0.39 is 15.6 Å². The molecule has 1 aliphatic carbocycles. The number of piperidine rings is 1. The molecule has 2 fully saturated rings. The Morgan fingerprint density at radius 3 is 2.09 bits per heavy atom. The van der Waals surface area contributed by atoms with Crippen LogP contribution in [0.15, 0.2) is 23.1 Å². The molecule has 2 heterocycles. The molecule has 0 atom stereocenters. The molecular formula is C25H37N3O5S. The number of nitrogens with zero attached hydrogens (tertiary/aromatic N) is 3. The summed E-state index contributed by atoms with van der Waals surface area (Å²) in [5, 5.41) is 0. The largest absolute Gasteiger partial charge is 0.444 e. The zero-order valence-corrected chi connectivity index (χ0v) is 21.4. The van der Waals surface area contributed by atoms with Crippen LogP contribution >= 0.6 is 0 Å². The van der Waals surface area contributed by atoms with Gasteiger partial charge in [0.1, 0.15) is 5.60 Å². The first-order chi connectivity index (χ1) is 16.0. The predicted molar refractivity (Wildman–Crippen MR) is 129 cm³/mol. The standard InChI is InChI=1S/C25H37N3O5S/c1-25(2,3)33-24(30)27-16-14-26(15-17-27)23(29)20-10-12-28(13-11-20)34(31,32)22-9-8-19-6-4-5-7-21(19)18-22/h8-9,18,20H,4-7,10-17H2,1-3H3. The fourth-order valence-corrected chi connectivity index (χ4v) is 6.58. The number of carbonyl (C=O) groups is 2. The highest BCUT2D eigenvalue weighted by atomic mass is 32.2. The molecule has 0 saturated carbocycles. The van der Waals surface area contributed by atoms with Crippen molar-refractivity contribution in [1.29, 1.82) is 0 Å². The van der Waals surface area contributed by atoms with Gasteiger partial charge >= 0.3 is 6.09 Å². The van der Waals surface area contributed by atoms with Gasteiger partial charge in [0, 0.05) is 45.2 Å². The smallest absolute Gasteiger partial charge is 0.410 e. The highest BCUT2D eigenvalue weighted by molar-refractivity contribution is 7.89. The molecule has 2 aliphatic heterocycles. The Kier molecular flexibility index (Phi) is 7.24. The Hall–Kier alpha value is -2.13. The number of piperazine rings is 1. The van der Waals surface area contributed by atoms with Crippen molar-refractivity contribution in [2.24, 2.45) is 5.92 Å². The van der Waals surface area contributed by atoms with Gasteiger partial charge in [-0.1, -0.05) is 6.07 Å². The second kappa shape index (κ2) is 9.85. The summed E-state index contributed by atoms with van der Waals surface area (Å²) in [5.41, 5.74) is 1.88. The third-order valence-corrected chi connectivity index (χ3v) is 8.90. The summed E-state index contributed by atoms with van der Waals surface area (Å²) in [6.07, 6.45) is 4.93. The van der Waals surface area contributed by atoms with E-state index in [0.717, 1.165) is 31.2 Å². The van der Waals surface area contributed by atoms with Crippen molar-refractivity contribution in [3.8, 4) is 0 Å². The second-order valence-corrected chi connectivity index (χ2v) is 12.5. The van der Waals surface area contributed by atoms with Crippen molar-refractivity contribution >= 4 is 22.0 Å². The van der Waals surface area contributed by atoms with Crippen LogP contribution in [-0.4, -0.2) is 79.4 Å². The van der Waals surface area contributed by atoms with Crippen LogP contribution in [0.25, 0.3) is 0 Å². The molecule has 8 nitrogen and oxygen atoms in total. The minimum absolute atomic E-state index is 0.0645. The molecule has 34 heavy (non-hydrogen) atoms. The first-order valence-corrected chi connectivity index (χ1v) is 13.9. The summed E-state index contributed by atoms with van der Waals surface area (Å²) in [4.78, 5) is 29.1. The Labute approximate surface area is 203 Å². The number of amides is 2. The molecule has 2 amide bonds. The van der Waals surface area contributed by atoms with E-state index in [1.807, 2.05) is 32.9 Å². The summed E-state index contributed by atoms with van der Waals surface area (Å²) in [7, 11) is -3.55. The number of carbonyl (C=O) groups excluding carboxylic acids is 2. The van der Waals surface area contributed by atoms with Gasteiger partial charge in [-0.2, -0.15) is 4.31 Å². The highest BCUT2D eigenvalue weighted by Crippen LogP contribution is 2.29. The number of ether oxygens (including phenoxy) is 1. The Morgan fingerprint density at radius 1 is 0.882 bits per heavy atom. The average molecular weight is 492 g/mol. The van der Waals surface area contributed by atoms with Gasteiger partial charge < -0.3 is 14.5 Å². The first kappa shape index (κ1) is 25.0. The Balaban J connectivity index is 1.30. The molecule has 0 unspecified atom stereocenters. The number of hydrogen-bond acceptors (Lipinski definition) is 5. The van der Waals surface area contributed by atoms with Crippen molar-refractivity contribution < 1.29 is 22.7 Å². The van der Waals surface area contributed by atoms with Crippen molar-refractivity contribution in [1.82, 2.24) is 14.1 Å².